The van der Waals surface area contributed by atoms with Crippen LogP contribution in [0.15, 0.2) is 18.2 Å². The maximum Gasteiger partial charge on any atom is 0.228 e. The highest BCUT2D eigenvalue weighted by molar-refractivity contribution is 7.80. The summed E-state index contributed by atoms with van der Waals surface area (Å²) in [6.45, 7) is 5.87. The zero-order chi connectivity index (χ0) is 17.6. The average Bonchev–Trinajstić information content (AvgIpc) is 2.40. The second-order valence-corrected chi connectivity index (χ2v) is 7.99. The van der Waals surface area contributed by atoms with E-state index in [1.807, 2.05) is 39.0 Å². The molecular weight excluding hydrogens is 377 g/mol. The fourth-order valence-electron chi connectivity index (χ4n) is 1.90. The van der Waals surface area contributed by atoms with Crippen LogP contribution in [0.25, 0.3) is 0 Å². The van der Waals surface area contributed by atoms with Gasteiger partial charge in [-0.05, 0) is 44.1 Å². The van der Waals surface area contributed by atoms with Crippen LogP contribution in [0.3, 0.4) is 0 Å². The summed E-state index contributed by atoms with van der Waals surface area (Å²) in [6, 6.07) is 5.91. The van der Waals surface area contributed by atoms with Crippen LogP contribution in [0.4, 0.5) is 5.69 Å². The van der Waals surface area contributed by atoms with Gasteiger partial charge in [0.25, 0.3) is 0 Å². The zero-order valence-corrected chi connectivity index (χ0v) is 16.3. The molecule has 0 saturated heterocycles. The Morgan fingerprint density at radius 2 is 1.91 bits per heavy atom. The number of thiocarbonyl (C=S) groups is 1. The molecule has 1 rings (SSSR count). The van der Waals surface area contributed by atoms with E-state index in [2.05, 4.69) is 16.0 Å². The van der Waals surface area contributed by atoms with Gasteiger partial charge in [-0.25, -0.2) is 0 Å². The molecule has 1 aromatic carbocycles. The number of halogens is 3. The van der Waals surface area contributed by atoms with Gasteiger partial charge in [-0.2, -0.15) is 0 Å². The van der Waals surface area contributed by atoms with E-state index in [9.17, 15) is 4.79 Å². The molecule has 4 nitrogen and oxygen atoms in total. The Bertz CT molecular complexity index is 576. The molecule has 1 amide bonds. The highest BCUT2D eigenvalue weighted by Gasteiger charge is 2.34. The second kappa shape index (κ2) is 8.92. The summed E-state index contributed by atoms with van der Waals surface area (Å²) in [5.74, 6) is -0.217. The van der Waals surface area contributed by atoms with Crippen LogP contribution in [0.2, 0.25) is 0 Å². The Morgan fingerprint density at radius 3 is 2.43 bits per heavy atom. The van der Waals surface area contributed by atoms with Gasteiger partial charge < -0.3 is 16.0 Å². The summed E-state index contributed by atoms with van der Waals surface area (Å²) in [6.07, 6.45) is 0.108. The topological polar surface area (TPSA) is 53.2 Å². The molecule has 0 radical (unpaired) electrons. The first-order valence-corrected chi connectivity index (χ1v) is 8.68. The molecule has 0 saturated carbocycles. The van der Waals surface area contributed by atoms with Crippen molar-refractivity contribution in [2.75, 3.05) is 5.32 Å². The lowest BCUT2D eigenvalue weighted by Crippen LogP contribution is -2.56. The standard InChI is InChI=1S/C15H20Cl3N3OS/c1-4-5-12(22)20-13(15(16,17)18)21-14(23)19-11-7-6-9(2)8-10(11)3/h6-8,13H,4-5H2,1-3H3,(H,20,22)(H2,19,21,23). The van der Waals surface area contributed by atoms with Crippen molar-refractivity contribution < 1.29 is 4.79 Å². The van der Waals surface area contributed by atoms with Gasteiger partial charge in [-0.1, -0.05) is 59.4 Å². The third-order valence-electron chi connectivity index (χ3n) is 3.02. The molecule has 1 atom stereocenters. The Balaban J connectivity index is 2.75. The molecule has 0 aliphatic heterocycles. The van der Waals surface area contributed by atoms with Crippen molar-refractivity contribution in [2.45, 2.75) is 43.6 Å². The molecule has 8 heteroatoms. The van der Waals surface area contributed by atoms with E-state index in [4.69, 9.17) is 47.0 Å². The monoisotopic (exact) mass is 395 g/mol. The quantitative estimate of drug-likeness (QED) is 0.396. The number of anilines is 1. The normalized spacial score (nSPS) is 12.4. The Morgan fingerprint density at radius 1 is 1.26 bits per heavy atom. The van der Waals surface area contributed by atoms with Gasteiger partial charge in [0.1, 0.15) is 6.17 Å². The molecule has 0 heterocycles. The van der Waals surface area contributed by atoms with E-state index in [0.717, 1.165) is 16.8 Å². The van der Waals surface area contributed by atoms with E-state index < -0.39 is 9.96 Å². The van der Waals surface area contributed by atoms with E-state index in [0.29, 0.717) is 12.8 Å². The largest absolute Gasteiger partial charge is 0.339 e. The van der Waals surface area contributed by atoms with Gasteiger partial charge in [-0.15, -0.1) is 0 Å². The van der Waals surface area contributed by atoms with Crippen LogP contribution >= 0.6 is 47.0 Å². The lowest BCUT2D eigenvalue weighted by Gasteiger charge is -2.28. The minimum Gasteiger partial charge on any atom is -0.339 e. The fourth-order valence-corrected chi connectivity index (χ4v) is 2.46. The zero-order valence-electron chi connectivity index (χ0n) is 13.2. The number of aryl methyl sites for hydroxylation is 2. The number of carbonyl (C=O) groups is 1. The molecular formula is C15H20Cl3N3OS. The Hall–Kier alpha value is -0.750. The minimum atomic E-state index is -1.74. The molecule has 128 valence electrons. The summed E-state index contributed by atoms with van der Waals surface area (Å²) in [5, 5.41) is 8.75. The number of nitrogens with one attached hydrogen (secondary N) is 3. The molecule has 23 heavy (non-hydrogen) atoms. The lowest BCUT2D eigenvalue weighted by atomic mass is 10.1. The third kappa shape index (κ3) is 7.12. The summed E-state index contributed by atoms with van der Waals surface area (Å²) in [4.78, 5) is 11.7. The van der Waals surface area contributed by atoms with Crippen LogP contribution in [-0.2, 0) is 4.79 Å². The van der Waals surface area contributed by atoms with Gasteiger partial charge in [0.2, 0.25) is 9.70 Å². The molecule has 0 spiro atoms. The molecule has 0 aromatic heterocycles. The highest BCUT2D eigenvalue weighted by Crippen LogP contribution is 2.29. The van der Waals surface area contributed by atoms with Crippen molar-refractivity contribution in [3.05, 3.63) is 29.3 Å². The fraction of sp³-hybridized carbons (Fsp3) is 0.467. The maximum absolute atomic E-state index is 11.7. The van der Waals surface area contributed by atoms with Crippen LogP contribution in [-0.4, -0.2) is 21.0 Å². The van der Waals surface area contributed by atoms with Crippen molar-refractivity contribution in [3.63, 3.8) is 0 Å². The van der Waals surface area contributed by atoms with E-state index in [1.54, 1.807) is 0 Å². The predicted octanol–water partition coefficient (Wildman–Crippen LogP) is 4.20. The number of amides is 1. The van der Waals surface area contributed by atoms with Crippen LogP contribution < -0.4 is 16.0 Å². The van der Waals surface area contributed by atoms with Gasteiger partial charge in [0.15, 0.2) is 5.11 Å². The van der Waals surface area contributed by atoms with Gasteiger partial charge in [-0.3, -0.25) is 4.79 Å². The van der Waals surface area contributed by atoms with E-state index in [-0.39, 0.29) is 11.0 Å². The second-order valence-electron chi connectivity index (χ2n) is 5.21. The van der Waals surface area contributed by atoms with Gasteiger partial charge in [0, 0.05) is 12.1 Å². The van der Waals surface area contributed by atoms with Crippen molar-refractivity contribution in [2.24, 2.45) is 0 Å². The van der Waals surface area contributed by atoms with Gasteiger partial charge >= 0.3 is 0 Å². The molecule has 0 fully saturated rings. The Labute approximate surface area is 157 Å². The first-order valence-electron chi connectivity index (χ1n) is 7.14. The predicted molar refractivity (Wildman–Crippen MR) is 102 cm³/mol. The summed E-state index contributed by atoms with van der Waals surface area (Å²) >= 11 is 23.0. The maximum atomic E-state index is 11.7. The minimum absolute atomic E-state index is 0.217. The van der Waals surface area contributed by atoms with Crippen molar-refractivity contribution in [1.82, 2.24) is 10.6 Å². The van der Waals surface area contributed by atoms with E-state index in [1.165, 1.54) is 0 Å². The average molecular weight is 397 g/mol. The third-order valence-corrected chi connectivity index (χ3v) is 3.89. The molecule has 0 bridgehead atoms. The highest BCUT2D eigenvalue weighted by atomic mass is 35.6. The van der Waals surface area contributed by atoms with Gasteiger partial charge in [0.05, 0.1) is 0 Å². The molecule has 0 aliphatic carbocycles. The first kappa shape index (κ1) is 20.3. The van der Waals surface area contributed by atoms with Crippen LogP contribution in [0.1, 0.15) is 30.9 Å². The first-order chi connectivity index (χ1) is 10.6. The number of hydrogen-bond donors (Lipinski definition) is 3. The van der Waals surface area contributed by atoms with Crippen molar-refractivity contribution >= 4 is 63.7 Å². The van der Waals surface area contributed by atoms with E-state index >= 15 is 0 Å². The number of carbonyl (C=O) groups excluding carboxylic acids is 1. The molecule has 1 unspecified atom stereocenters. The molecule has 0 aliphatic rings. The number of alkyl halides is 3. The lowest BCUT2D eigenvalue weighted by molar-refractivity contribution is -0.121. The van der Waals surface area contributed by atoms with Crippen molar-refractivity contribution in [1.29, 1.82) is 0 Å². The summed E-state index contributed by atoms with van der Waals surface area (Å²) in [5.41, 5.74) is 3.03. The number of benzene rings is 1. The summed E-state index contributed by atoms with van der Waals surface area (Å²) in [7, 11) is 0. The molecule has 1 aromatic rings. The number of hydrogen-bond acceptors (Lipinski definition) is 2. The van der Waals surface area contributed by atoms with Crippen molar-refractivity contribution in [3.8, 4) is 0 Å². The van der Waals surface area contributed by atoms with Crippen LogP contribution in [0, 0.1) is 13.8 Å². The number of rotatable bonds is 5. The molecule has 3 N–H and O–H groups in total. The smallest absolute Gasteiger partial charge is 0.228 e. The Kier molecular flexibility index (Phi) is 7.87. The SMILES string of the molecule is CCCC(=O)NC(NC(=S)Nc1ccc(C)cc1C)C(Cl)(Cl)Cl. The van der Waals surface area contributed by atoms with Crippen LogP contribution in [0.5, 0.6) is 0 Å². The summed E-state index contributed by atoms with van der Waals surface area (Å²) < 4.78 is -1.74.